The molecule has 1 saturated heterocycles. The highest BCUT2D eigenvalue weighted by molar-refractivity contribution is 8.03. The molecular formula is C15H23N3OS3. The van der Waals surface area contributed by atoms with Crippen LogP contribution in [0.2, 0.25) is 0 Å². The van der Waals surface area contributed by atoms with Crippen LogP contribution in [0, 0.1) is 5.92 Å². The van der Waals surface area contributed by atoms with E-state index in [9.17, 15) is 4.79 Å². The molecule has 2 aliphatic rings. The zero-order valence-electron chi connectivity index (χ0n) is 13.0. The van der Waals surface area contributed by atoms with Gasteiger partial charge in [0.05, 0.1) is 5.75 Å². The molecule has 2 heterocycles. The summed E-state index contributed by atoms with van der Waals surface area (Å²) in [6, 6.07) is 0.510. The van der Waals surface area contributed by atoms with Crippen molar-refractivity contribution in [2.24, 2.45) is 5.92 Å². The number of hydrogen-bond donors (Lipinski definition) is 0. The van der Waals surface area contributed by atoms with Crippen LogP contribution in [0.25, 0.3) is 0 Å². The summed E-state index contributed by atoms with van der Waals surface area (Å²) in [6.45, 7) is 3.06. The minimum absolute atomic E-state index is 0.293. The highest BCUT2D eigenvalue weighted by Crippen LogP contribution is 2.36. The number of amides is 1. The lowest BCUT2D eigenvalue weighted by Crippen LogP contribution is -2.50. The van der Waals surface area contributed by atoms with E-state index in [1.54, 1.807) is 34.9 Å². The Morgan fingerprint density at radius 1 is 1.18 bits per heavy atom. The zero-order chi connectivity index (χ0) is 15.4. The monoisotopic (exact) mass is 357 g/mol. The maximum atomic E-state index is 12.6. The van der Waals surface area contributed by atoms with Crippen LogP contribution >= 0.6 is 34.9 Å². The van der Waals surface area contributed by atoms with Gasteiger partial charge in [-0.1, -0.05) is 54.6 Å². The predicted octanol–water partition coefficient (Wildman–Crippen LogP) is 3.92. The summed E-state index contributed by atoms with van der Waals surface area (Å²) in [5.74, 6) is 2.57. The van der Waals surface area contributed by atoms with Gasteiger partial charge in [-0.15, -0.1) is 10.2 Å². The second-order valence-electron chi connectivity index (χ2n) is 5.90. The van der Waals surface area contributed by atoms with Crippen LogP contribution in [0.5, 0.6) is 0 Å². The van der Waals surface area contributed by atoms with Crippen molar-refractivity contribution < 1.29 is 4.79 Å². The normalized spacial score (nSPS) is 25.0. The Morgan fingerprint density at radius 3 is 2.73 bits per heavy atom. The molecule has 4 nitrogen and oxygen atoms in total. The van der Waals surface area contributed by atoms with Crippen LogP contribution in [-0.4, -0.2) is 45.1 Å². The van der Waals surface area contributed by atoms with Crippen LogP contribution in [0.4, 0.5) is 0 Å². The average Bonchev–Trinajstić information content (AvgIpc) is 3.00. The molecule has 3 rings (SSSR count). The largest absolute Gasteiger partial charge is 0.339 e. The number of carbonyl (C=O) groups excluding carboxylic acids is 1. The Hall–Kier alpha value is -0.270. The predicted molar refractivity (Wildman–Crippen MR) is 93.7 cm³/mol. The van der Waals surface area contributed by atoms with E-state index in [4.69, 9.17) is 0 Å². The molecule has 122 valence electrons. The van der Waals surface area contributed by atoms with Crippen molar-refractivity contribution in [1.29, 1.82) is 0 Å². The van der Waals surface area contributed by atoms with E-state index in [-0.39, 0.29) is 0 Å². The maximum Gasteiger partial charge on any atom is 0.233 e. The molecule has 2 unspecified atom stereocenters. The third-order valence-corrected chi connectivity index (χ3v) is 7.60. The molecule has 0 radical (unpaired) electrons. The minimum Gasteiger partial charge on any atom is -0.339 e. The molecular weight excluding hydrogens is 334 g/mol. The van der Waals surface area contributed by atoms with Gasteiger partial charge in [-0.2, -0.15) is 0 Å². The fourth-order valence-corrected chi connectivity index (χ4v) is 6.38. The second kappa shape index (κ2) is 8.02. The van der Waals surface area contributed by atoms with Crippen LogP contribution < -0.4 is 0 Å². The molecule has 1 amide bonds. The summed E-state index contributed by atoms with van der Waals surface area (Å²) in [5, 5.41) is 8.32. The molecule has 0 N–H and O–H groups in total. The fraction of sp³-hybridized carbons (Fsp3) is 0.800. The fourth-order valence-electron chi connectivity index (χ4n) is 3.58. The lowest BCUT2D eigenvalue weighted by molar-refractivity contribution is -0.134. The van der Waals surface area contributed by atoms with Gasteiger partial charge in [-0.05, 0) is 37.4 Å². The van der Waals surface area contributed by atoms with Crippen LogP contribution in [0.3, 0.4) is 0 Å². The molecule has 1 saturated carbocycles. The van der Waals surface area contributed by atoms with Gasteiger partial charge in [0.25, 0.3) is 0 Å². The average molecular weight is 358 g/mol. The van der Waals surface area contributed by atoms with Crippen LogP contribution in [0.1, 0.15) is 45.4 Å². The van der Waals surface area contributed by atoms with Gasteiger partial charge in [0.1, 0.15) is 0 Å². The first kappa shape index (κ1) is 16.6. The summed E-state index contributed by atoms with van der Waals surface area (Å²) in [6.07, 6.45) is 7.64. The van der Waals surface area contributed by atoms with E-state index >= 15 is 0 Å². The number of rotatable bonds is 5. The Bertz CT molecular complexity index is 506. The topological polar surface area (TPSA) is 46.1 Å². The Balaban J connectivity index is 1.54. The van der Waals surface area contributed by atoms with Crippen molar-refractivity contribution in [3.63, 3.8) is 0 Å². The SMILES string of the molecule is CCSc1nnc(SCC(=O)N2CCCC3CCCCC32)s1. The third kappa shape index (κ3) is 3.97. The summed E-state index contributed by atoms with van der Waals surface area (Å²) in [4.78, 5) is 14.8. The van der Waals surface area contributed by atoms with E-state index in [1.807, 2.05) is 0 Å². The molecule has 1 aromatic rings. The summed E-state index contributed by atoms with van der Waals surface area (Å²) >= 11 is 4.86. The minimum atomic E-state index is 0.293. The third-order valence-electron chi connectivity index (χ3n) is 4.54. The van der Waals surface area contributed by atoms with Crippen molar-refractivity contribution >= 4 is 40.8 Å². The summed E-state index contributed by atoms with van der Waals surface area (Å²) in [7, 11) is 0. The van der Waals surface area contributed by atoms with Gasteiger partial charge < -0.3 is 4.90 Å². The molecule has 1 aromatic heterocycles. The first-order valence-electron chi connectivity index (χ1n) is 8.16. The number of piperidine rings is 1. The molecule has 0 bridgehead atoms. The standard InChI is InChI=1S/C15H23N3OS3/c1-2-20-14-16-17-15(22-14)21-10-13(19)18-9-5-7-11-6-3-4-8-12(11)18/h11-12H,2-10H2,1H3. The number of likely N-dealkylation sites (tertiary alicyclic amines) is 1. The highest BCUT2D eigenvalue weighted by atomic mass is 32.2. The first-order valence-corrected chi connectivity index (χ1v) is 10.9. The number of hydrogen-bond acceptors (Lipinski definition) is 6. The molecule has 0 spiro atoms. The van der Waals surface area contributed by atoms with Gasteiger partial charge >= 0.3 is 0 Å². The van der Waals surface area contributed by atoms with Crippen molar-refractivity contribution in [2.45, 2.75) is 60.2 Å². The van der Waals surface area contributed by atoms with Crippen molar-refractivity contribution in [3.8, 4) is 0 Å². The number of fused-ring (bicyclic) bond motifs is 1. The van der Waals surface area contributed by atoms with Gasteiger partial charge in [0, 0.05) is 12.6 Å². The number of nitrogens with zero attached hydrogens (tertiary/aromatic N) is 3. The van der Waals surface area contributed by atoms with Crippen LogP contribution in [0.15, 0.2) is 8.68 Å². The number of carbonyl (C=O) groups is 1. The van der Waals surface area contributed by atoms with Gasteiger partial charge in [-0.25, -0.2) is 0 Å². The Kier molecular flexibility index (Phi) is 6.04. The van der Waals surface area contributed by atoms with E-state index in [2.05, 4.69) is 22.0 Å². The molecule has 1 aliphatic heterocycles. The quantitative estimate of drug-likeness (QED) is 0.747. The van der Waals surface area contributed by atoms with Crippen molar-refractivity contribution in [1.82, 2.24) is 15.1 Å². The molecule has 2 fully saturated rings. The maximum absolute atomic E-state index is 12.6. The van der Waals surface area contributed by atoms with E-state index in [0.717, 1.165) is 26.9 Å². The summed E-state index contributed by atoms with van der Waals surface area (Å²) in [5.41, 5.74) is 0. The van der Waals surface area contributed by atoms with Gasteiger partial charge in [0.2, 0.25) is 5.91 Å². The first-order chi connectivity index (χ1) is 10.8. The van der Waals surface area contributed by atoms with Crippen LogP contribution in [-0.2, 0) is 4.79 Å². The zero-order valence-corrected chi connectivity index (χ0v) is 15.4. The summed E-state index contributed by atoms with van der Waals surface area (Å²) < 4.78 is 1.92. The smallest absolute Gasteiger partial charge is 0.233 e. The van der Waals surface area contributed by atoms with E-state index < -0.39 is 0 Å². The molecule has 2 atom stereocenters. The molecule has 22 heavy (non-hydrogen) atoms. The highest BCUT2D eigenvalue weighted by Gasteiger charge is 2.35. The molecule has 7 heteroatoms. The molecule has 1 aliphatic carbocycles. The molecule has 0 aromatic carbocycles. The van der Waals surface area contributed by atoms with Crippen molar-refractivity contribution in [3.05, 3.63) is 0 Å². The lowest BCUT2D eigenvalue weighted by Gasteiger charge is -2.44. The number of thioether (sulfide) groups is 2. The Labute approximate surface area is 144 Å². The van der Waals surface area contributed by atoms with Gasteiger partial charge in [0.15, 0.2) is 8.68 Å². The Morgan fingerprint density at radius 2 is 1.91 bits per heavy atom. The van der Waals surface area contributed by atoms with Gasteiger partial charge in [-0.3, -0.25) is 4.79 Å². The lowest BCUT2D eigenvalue weighted by atomic mass is 9.78. The van der Waals surface area contributed by atoms with E-state index in [1.165, 1.54) is 38.5 Å². The second-order valence-corrected chi connectivity index (χ2v) is 9.61. The van der Waals surface area contributed by atoms with Crippen molar-refractivity contribution in [2.75, 3.05) is 18.1 Å². The number of aromatic nitrogens is 2. The van der Waals surface area contributed by atoms with E-state index in [0.29, 0.717) is 17.7 Å².